The standard InChI is InChI=1S/C16H27NO3Si2/c1-12(18)17-15(19-21(2,3)4)13-10-8-9-11-14(13)16(17)20-22(5,6)7/h8-11,15-16H,1-7H3. The lowest BCUT2D eigenvalue weighted by Crippen LogP contribution is -2.41. The van der Waals surface area contributed by atoms with Crippen LogP contribution >= 0.6 is 0 Å². The molecule has 1 aromatic carbocycles. The molecule has 0 radical (unpaired) electrons. The fourth-order valence-electron chi connectivity index (χ4n) is 2.62. The third kappa shape index (κ3) is 3.87. The number of hydrogen-bond acceptors (Lipinski definition) is 3. The summed E-state index contributed by atoms with van der Waals surface area (Å²) in [6, 6.07) is 8.08. The van der Waals surface area contributed by atoms with Crippen molar-refractivity contribution < 1.29 is 13.6 Å². The van der Waals surface area contributed by atoms with Crippen molar-refractivity contribution >= 4 is 22.5 Å². The lowest BCUT2D eigenvalue weighted by molar-refractivity contribution is -0.150. The normalized spacial score (nSPS) is 21.9. The first-order valence-corrected chi connectivity index (χ1v) is 14.5. The molecule has 0 aliphatic carbocycles. The molecule has 0 saturated carbocycles. The summed E-state index contributed by atoms with van der Waals surface area (Å²) < 4.78 is 12.6. The number of hydrogen-bond donors (Lipinski definition) is 0. The van der Waals surface area contributed by atoms with Crippen LogP contribution in [0.5, 0.6) is 0 Å². The summed E-state index contributed by atoms with van der Waals surface area (Å²) in [6.45, 7) is 14.4. The Labute approximate surface area is 135 Å². The van der Waals surface area contributed by atoms with Crippen LogP contribution in [-0.2, 0) is 13.6 Å². The molecule has 1 aromatic rings. The third-order valence-corrected chi connectivity index (χ3v) is 5.19. The fourth-order valence-corrected chi connectivity index (χ4v) is 4.44. The van der Waals surface area contributed by atoms with Crippen molar-refractivity contribution in [2.45, 2.75) is 58.7 Å². The molecule has 1 aliphatic rings. The number of carbonyl (C=O) groups excluding carboxylic acids is 1. The summed E-state index contributed by atoms with van der Waals surface area (Å²) in [5, 5.41) is 0. The van der Waals surface area contributed by atoms with Crippen LogP contribution in [0, 0.1) is 0 Å². The van der Waals surface area contributed by atoms with Crippen LogP contribution in [0.3, 0.4) is 0 Å². The van der Waals surface area contributed by atoms with Crippen LogP contribution in [0.1, 0.15) is 30.5 Å². The molecule has 1 amide bonds. The highest BCUT2D eigenvalue weighted by Crippen LogP contribution is 2.45. The van der Waals surface area contributed by atoms with Gasteiger partial charge in [-0.3, -0.25) is 9.69 Å². The van der Waals surface area contributed by atoms with E-state index in [2.05, 4.69) is 39.3 Å². The Morgan fingerprint density at radius 3 is 1.55 bits per heavy atom. The molecule has 22 heavy (non-hydrogen) atoms. The first kappa shape index (κ1) is 17.4. The molecule has 0 bridgehead atoms. The maximum absolute atomic E-state index is 12.3. The number of amides is 1. The lowest BCUT2D eigenvalue weighted by atomic mass is 10.1. The molecule has 0 saturated heterocycles. The summed E-state index contributed by atoms with van der Waals surface area (Å²) in [6.07, 6.45) is -0.663. The van der Waals surface area contributed by atoms with Gasteiger partial charge in [-0.2, -0.15) is 0 Å². The number of carbonyl (C=O) groups is 1. The predicted molar refractivity (Wildman–Crippen MR) is 93.3 cm³/mol. The van der Waals surface area contributed by atoms with E-state index in [0.29, 0.717) is 0 Å². The van der Waals surface area contributed by atoms with Gasteiger partial charge in [0, 0.05) is 18.1 Å². The topological polar surface area (TPSA) is 38.8 Å². The predicted octanol–water partition coefficient (Wildman–Crippen LogP) is 4.25. The molecule has 1 aliphatic heterocycles. The Balaban J connectivity index is 2.48. The van der Waals surface area contributed by atoms with Crippen molar-refractivity contribution in [1.82, 2.24) is 4.90 Å². The molecule has 0 aromatic heterocycles. The summed E-state index contributed by atoms with van der Waals surface area (Å²) >= 11 is 0. The van der Waals surface area contributed by atoms with Crippen LogP contribution in [0.4, 0.5) is 0 Å². The minimum atomic E-state index is -1.80. The van der Waals surface area contributed by atoms with Crippen molar-refractivity contribution in [3.63, 3.8) is 0 Å². The SMILES string of the molecule is CC(=O)N1C(O[Si](C)(C)C)c2ccccc2C1O[Si](C)(C)C. The van der Waals surface area contributed by atoms with Gasteiger partial charge in [-0.25, -0.2) is 0 Å². The molecule has 0 spiro atoms. The molecule has 2 atom stereocenters. The van der Waals surface area contributed by atoms with E-state index in [1.807, 2.05) is 24.3 Å². The second kappa shape index (κ2) is 5.92. The fraction of sp³-hybridized carbons (Fsp3) is 0.562. The van der Waals surface area contributed by atoms with Crippen LogP contribution in [-0.4, -0.2) is 27.4 Å². The van der Waals surface area contributed by atoms with Crippen LogP contribution in [0.25, 0.3) is 0 Å². The molecule has 0 N–H and O–H groups in total. The van der Waals surface area contributed by atoms with Gasteiger partial charge in [0.15, 0.2) is 29.1 Å². The van der Waals surface area contributed by atoms with Crippen LogP contribution in [0.15, 0.2) is 24.3 Å². The minimum Gasteiger partial charge on any atom is -0.394 e. The van der Waals surface area contributed by atoms with Gasteiger partial charge in [0.1, 0.15) is 0 Å². The van der Waals surface area contributed by atoms with E-state index in [1.54, 1.807) is 11.8 Å². The Morgan fingerprint density at radius 1 is 0.909 bits per heavy atom. The Morgan fingerprint density at radius 2 is 1.27 bits per heavy atom. The second-order valence-electron chi connectivity index (χ2n) is 7.72. The van der Waals surface area contributed by atoms with Gasteiger partial charge in [-0.05, 0) is 39.3 Å². The van der Waals surface area contributed by atoms with Gasteiger partial charge in [0.2, 0.25) is 5.91 Å². The smallest absolute Gasteiger partial charge is 0.224 e. The van der Waals surface area contributed by atoms with Crippen LogP contribution in [0.2, 0.25) is 39.3 Å². The lowest BCUT2D eigenvalue weighted by Gasteiger charge is -2.35. The summed E-state index contributed by atoms with van der Waals surface area (Å²) in [7, 11) is -3.61. The number of nitrogens with zero attached hydrogens (tertiary/aromatic N) is 1. The van der Waals surface area contributed by atoms with Crippen molar-refractivity contribution in [3.05, 3.63) is 35.4 Å². The van der Waals surface area contributed by atoms with Gasteiger partial charge in [-0.1, -0.05) is 24.3 Å². The Bertz CT molecular complexity index is 520. The van der Waals surface area contributed by atoms with Gasteiger partial charge < -0.3 is 8.85 Å². The maximum atomic E-state index is 12.3. The number of rotatable bonds is 4. The molecule has 122 valence electrons. The third-order valence-electron chi connectivity index (χ3n) is 3.33. The van der Waals surface area contributed by atoms with E-state index in [-0.39, 0.29) is 18.4 Å². The van der Waals surface area contributed by atoms with E-state index in [9.17, 15) is 4.79 Å². The molecule has 1 heterocycles. The summed E-state index contributed by atoms with van der Waals surface area (Å²) in [5.74, 6) is -0.0114. The number of benzene rings is 1. The maximum Gasteiger partial charge on any atom is 0.224 e. The zero-order valence-corrected chi connectivity index (χ0v) is 16.6. The zero-order chi connectivity index (χ0) is 16.7. The van der Waals surface area contributed by atoms with E-state index < -0.39 is 16.6 Å². The molecule has 2 rings (SSSR count). The Hall–Kier alpha value is -0.956. The van der Waals surface area contributed by atoms with Gasteiger partial charge >= 0.3 is 0 Å². The molecule has 2 unspecified atom stereocenters. The molecular formula is C16H27NO3Si2. The van der Waals surface area contributed by atoms with E-state index >= 15 is 0 Å². The van der Waals surface area contributed by atoms with Gasteiger partial charge in [-0.15, -0.1) is 0 Å². The molecule has 0 fully saturated rings. The van der Waals surface area contributed by atoms with Crippen molar-refractivity contribution in [2.24, 2.45) is 0 Å². The van der Waals surface area contributed by atoms with Crippen molar-refractivity contribution in [1.29, 1.82) is 0 Å². The minimum absolute atomic E-state index is 0.0114. The monoisotopic (exact) mass is 337 g/mol. The summed E-state index contributed by atoms with van der Waals surface area (Å²) in [4.78, 5) is 14.1. The van der Waals surface area contributed by atoms with E-state index in [0.717, 1.165) is 11.1 Å². The zero-order valence-electron chi connectivity index (χ0n) is 14.6. The average molecular weight is 338 g/mol. The largest absolute Gasteiger partial charge is 0.394 e. The average Bonchev–Trinajstić information content (AvgIpc) is 2.60. The van der Waals surface area contributed by atoms with E-state index in [4.69, 9.17) is 8.85 Å². The highest BCUT2D eigenvalue weighted by molar-refractivity contribution is 6.70. The quantitative estimate of drug-likeness (QED) is 0.771. The highest BCUT2D eigenvalue weighted by Gasteiger charge is 2.44. The molecular weight excluding hydrogens is 310 g/mol. The van der Waals surface area contributed by atoms with Gasteiger partial charge in [0.25, 0.3) is 0 Å². The molecule has 4 nitrogen and oxygen atoms in total. The Kier molecular flexibility index (Phi) is 4.68. The summed E-state index contributed by atoms with van der Waals surface area (Å²) in [5.41, 5.74) is 2.12. The highest BCUT2D eigenvalue weighted by atomic mass is 28.4. The number of fused-ring (bicyclic) bond motifs is 1. The van der Waals surface area contributed by atoms with E-state index in [1.165, 1.54) is 0 Å². The second-order valence-corrected chi connectivity index (χ2v) is 16.6. The van der Waals surface area contributed by atoms with Crippen LogP contribution < -0.4 is 0 Å². The first-order chi connectivity index (χ1) is 9.99. The van der Waals surface area contributed by atoms with Crippen molar-refractivity contribution in [2.75, 3.05) is 0 Å². The van der Waals surface area contributed by atoms with Crippen molar-refractivity contribution in [3.8, 4) is 0 Å². The molecule has 6 heteroatoms. The van der Waals surface area contributed by atoms with Gasteiger partial charge in [0.05, 0.1) is 0 Å². The first-order valence-electron chi connectivity index (χ1n) is 7.73.